The molecule has 31 heavy (non-hydrogen) atoms. The number of amides is 3. The van der Waals surface area contributed by atoms with Crippen molar-refractivity contribution in [3.05, 3.63) is 69.7 Å². The molecule has 0 bridgehead atoms. The Morgan fingerprint density at radius 3 is 1.68 bits per heavy atom. The van der Waals surface area contributed by atoms with Crippen molar-refractivity contribution in [1.82, 2.24) is 0 Å². The average molecular weight is 474 g/mol. The quantitative estimate of drug-likeness (QED) is 0.446. The SMILES string of the molecule is NC(=O)OC[C@@H](O)c1ccccc1Cl.NC(=O)OC[C@H](OC(N)=O)c1ccccc1Cl. The van der Waals surface area contributed by atoms with E-state index in [0.29, 0.717) is 21.2 Å². The normalized spacial score (nSPS) is 11.8. The van der Waals surface area contributed by atoms with Crippen molar-refractivity contribution in [2.24, 2.45) is 17.2 Å². The van der Waals surface area contributed by atoms with Crippen LogP contribution >= 0.6 is 23.2 Å². The van der Waals surface area contributed by atoms with Gasteiger partial charge in [0.1, 0.15) is 19.3 Å². The Kier molecular flexibility index (Phi) is 11.0. The number of primary amides is 3. The molecule has 2 aromatic carbocycles. The molecule has 0 aromatic heterocycles. The summed E-state index contributed by atoms with van der Waals surface area (Å²) in [5.74, 6) is 0. The van der Waals surface area contributed by atoms with Crippen molar-refractivity contribution in [2.45, 2.75) is 12.2 Å². The number of aliphatic hydroxyl groups is 1. The number of ether oxygens (including phenoxy) is 3. The minimum absolute atomic E-state index is 0.195. The van der Waals surface area contributed by atoms with Gasteiger partial charge in [0.15, 0.2) is 6.10 Å². The lowest BCUT2D eigenvalue weighted by molar-refractivity contribution is 0.0513. The summed E-state index contributed by atoms with van der Waals surface area (Å²) in [7, 11) is 0. The van der Waals surface area contributed by atoms with Crippen molar-refractivity contribution in [2.75, 3.05) is 13.2 Å². The molecule has 3 amide bonds. The zero-order valence-electron chi connectivity index (χ0n) is 16.1. The average Bonchev–Trinajstić information content (AvgIpc) is 2.70. The van der Waals surface area contributed by atoms with Gasteiger partial charge in [-0.1, -0.05) is 59.6 Å². The minimum Gasteiger partial charge on any atom is -0.447 e. The van der Waals surface area contributed by atoms with Gasteiger partial charge in [0, 0.05) is 21.2 Å². The molecule has 168 valence electrons. The van der Waals surface area contributed by atoms with Crippen LogP contribution < -0.4 is 17.2 Å². The van der Waals surface area contributed by atoms with Gasteiger partial charge in [0.05, 0.1) is 0 Å². The molecule has 0 spiro atoms. The lowest BCUT2D eigenvalue weighted by atomic mass is 10.1. The van der Waals surface area contributed by atoms with E-state index >= 15 is 0 Å². The summed E-state index contributed by atoms with van der Waals surface area (Å²) in [6.45, 7) is -0.443. The second-order valence-corrected chi connectivity index (χ2v) is 6.56. The Morgan fingerprint density at radius 2 is 1.23 bits per heavy atom. The summed E-state index contributed by atoms with van der Waals surface area (Å²) < 4.78 is 13.8. The van der Waals surface area contributed by atoms with E-state index in [1.165, 1.54) is 0 Å². The predicted octanol–water partition coefficient (Wildman–Crippen LogP) is 3.04. The Morgan fingerprint density at radius 1 is 0.774 bits per heavy atom. The minimum atomic E-state index is -0.997. The summed E-state index contributed by atoms with van der Waals surface area (Å²) in [5.41, 5.74) is 15.5. The Balaban J connectivity index is 0.000000316. The van der Waals surface area contributed by atoms with Crippen LogP contribution in [0.4, 0.5) is 14.4 Å². The van der Waals surface area contributed by atoms with Crippen molar-refractivity contribution in [1.29, 1.82) is 0 Å². The molecule has 2 rings (SSSR count). The monoisotopic (exact) mass is 473 g/mol. The summed E-state index contributed by atoms with van der Waals surface area (Å²) in [5, 5.41) is 10.3. The molecule has 2 aromatic rings. The van der Waals surface area contributed by atoms with Crippen molar-refractivity contribution < 1.29 is 33.7 Å². The molecular formula is C19H21Cl2N3O7. The number of carbonyl (C=O) groups excluding carboxylic acids is 3. The second-order valence-electron chi connectivity index (χ2n) is 5.74. The highest BCUT2D eigenvalue weighted by atomic mass is 35.5. The van der Waals surface area contributed by atoms with E-state index in [1.807, 2.05) is 0 Å². The number of hydrogen-bond donors (Lipinski definition) is 4. The molecular weight excluding hydrogens is 453 g/mol. The fourth-order valence-electron chi connectivity index (χ4n) is 2.22. The summed E-state index contributed by atoms with van der Waals surface area (Å²) in [6.07, 6.45) is -4.72. The first-order valence-electron chi connectivity index (χ1n) is 8.59. The van der Waals surface area contributed by atoms with Crippen LogP contribution in [0.5, 0.6) is 0 Å². The van der Waals surface area contributed by atoms with E-state index < -0.39 is 30.5 Å². The van der Waals surface area contributed by atoms with Gasteiger partial charge >= 0.3 is 18.3 Å². The van der Waals surface area contributed by atoms with Crippen LogP contribution in [0.3, 0.4) is 0 Å². The summed E-state index contributed by atoms with van der Waals surface area (Å²) in [6, 6.07) is 13.4. The maximum Gasteiger partial charge on any atom is 0.405 e. The number of nitrogens with two attached hydrogens (primary N) is 3. The molecule has 0 radical (unpaired) electrons. The van der Waals surface area contributed by atoms with Crippen LogP contribution in [0.25, 0.3) is 0 Å². The molecule has 0 aliphatic carbocycles. The van der Waals surface area contributed by atoms with Gasteiger partial charge in [-0.2, -0.15) is 0 Å². The van der Waals surface area contributed by atoms with Crippen LogP contribution in [0, 0.1) is 0 Å². The van der Waals surface area contributed by atoms with Crippen molar-refractivity contribution >= 4 is 41.5 Å². The topological polar surface area (TPSA) is 177 Å². The Labute approximate surface area is 187 Å². The van der Waals surface area contributed by atoms with E-state index in [2.05, 4.69) is 9.47 Å². The zero-order valence-corrected chi connectivity index (χ0v) is 17.6. The Hall–Kier alpha value is -3.21. The van der Waals surface area contributed by atoms with Crippen molar-refractivity contribution in [3.8, 4) is 0 Å². The molecule has 10 nitrogen and oxygen atoms in total. The fraction of sp³-hybridized carbons (Fsp3) is 0.211. The first-order valence-corrected chi connectivity index (χ1v) is 9.34. The lowest BCUT2D eigenvalue weighted by Crippen LogP contribution is -2.24. The third-order valence-electron chi connectivity index (χ3n) is 3.54. The molecule has 0 fully saturated rings. The highest BCUT2D eigenvalue weighted by molar-refractivity contribution is 6.31. The first-order chi connectivity index (χ1) is 14.6. The highest BCUT2D eigenvalue weighted by Gasteiger charge is 2.19. The van der Waals surface area contributed by atoms with Crippen LogP contribution in [0.2, 0.25) is 10.0 Å². The summed E-state index contributed by atoms with van der Waals surface area (Å²) in [4.78, 5) is 31.5. The molecule has 0 saturated carbocycles. The molecule has 0 heterocycles. The Bertz CT molecular complexity index is 898. The van der Waals surface area contributed by atoms with E-state index in [1.54, 1.807) is 48.5 Å². The molecule has 0 saturated heterocycles. The van der Waals surface area contributed by atoms with Gasteiger partial charge in [0.2, 0.25) is 0 Å². The van der Waals surface area contributed by atoms with E-state index in [0.717, 1.165) is 0 Å². The number of hydrogen-bond acceptors (Lipinski definition) is 7. The molecule has 2 atom stereocenters. The van der Waals surface area contributed by atoms with E-state index in [9.17, 15) is 19.5 Å². The summed E-state index contributed by atoms with van der Waals surface area (Å²) >= 11 is 11.7. The molecule has 0 unspecified atom stereocenters. The number of aliphatic hydroxyl groups excluding tert-OH is 1. The van der Waals surface area contributed by atoms with Crippen molar-refractivity contribution in [3.63, 3.8) is 0 Å². The number of carbonyl (C=O) groups is 3. The van der Waals surface area contributed by atoms with Crippen LogP contribution in [-0.2, 0) is 14.2 Å². The van der Waals surface area contributed by atoms with Crippen LogP contribution in [0.1, 0.15) is 23.3 Å². The molecule has 0 aliphatic rings. The number of rotatable bonds is 7. The highest BCUT2D eigenvalue weighted by Crippen LogP contribution is 2.26. The third-order valence-corrected chi connectivity index (χ3v) is 4.22. The molecule has 0 aliphatic heterocycles. The van der Waals surface area contributed by atoms with Crippen LogP contribution in [-0.4, -0.2) is 36.6 Å². The largest absolute Gasteiger partial charge is 0.447 e. The standard InChI is InChI=1S/C10H11ClN2O4.C9H10ClNO3/c11-7-4-2-1-3-6(7)8(17-10(13)15)5-16-9(12)14;10-7-4-2-1-3-6(7)8(12)5-14-9(11)13/h1-4,8H,5H2,(H2,12,14)(H2,13,15);1-4,8,12H,5H2,(H2,11,13)/t2*8-/m01/s1. The van der Waals surface area contributed by atoms with Gasteiger partial charge in [-0.05, 0) is 12.1 Å². The maximum atomic E-state index is 10.7. The number of halogens is 2. The van der Waals surface area contributed by atoms with Crippen LogP contribution in [0.15, 0.2) is 48.5 Å². The second kappa shape index (κ2) is 13.2. The van der Waals surface area contributed by atoms with Gasteiger partial charge < -0.3 is 36.5 Å². The fourth-order valence-corrected chi connectivity index (χ4v) is 2.74. The maximum absolute atomic E-state index is 10.7. The van der Waals surface area contributed by atoms with Gasteiger partial charge in [-0.15, -0.1) is 0 Å². The van der Waals surface area contributed by atoms with Gasteiger partial charge in [-0.3, -0.25) is 0 Å². The molecule has 7 N–H and O–H groups in total. The third kappa shape index (κ3) is 9.90. The lowest BCUT2D eigenvalue weighted by Gasteiger charge is -2.17. The predicted molar refractivity (Wildman–Crippen MR) is 112 cm³/mol. The smallest absolute Gasteiger partial charge is 0.405 e. The first kappa shape index (κ1) is 25.8. The van der Waals surface area contributed by atoms with E-state index in [4.69, 9.17) is 45.1 Å². The van der Waals surface area contributed by atoms with Gasteiger partial charge in [0.25, 0.3) is 0 Å². The van der Waals surface area contributed by atoms with Gasteiger partial charge in [-0.25, -0.2) is 14.4 Å². The van der Waals surface area contributed by atoms with E-state index in [-0.39, 0.29) is 13.2 Å². The number of benzene rings is 2. The zero-order chi connectivity index (χ0) is 23.4. The molecule has 12 heteroatoms.